The summed E-state index contributed by atoms with van der Waals surface area (Å²) in [5.74, 6) is 0.161. The summed E-state index contributed by atoms with van der Waals surface area (Å²) in [4.78, 5) is 0. The lowest BCUT2D eigenvalue weighted by Gasteiger charge is -2.14. The van der Waals surface area contributed by atoms with E-state index in [1.165, 1.54) is 3.57 Å². The van der Waals surface area contributed by atoms with Gasteiger partial charge in [-0.3, -0.25) is 0 Å². The van der Waals surface area contributed by atoms with E-state index in [0.717, 1.165) is 9.13 Å². The van der Waals surface area contributed by atoms with Gasteiger partial charge in [0.2, 0.25) is 0 Å². The first kappa shape index (κ1) is 11.7. The minimum absolute atomic E-state index is 0.161. The van der Waals surface area contributed by atoms with Crippen LogP contribution in [0.3, 0.4) is 0 Å². The molecule has 0 amide bonds. The van der Waals surface area contributed by atoms with Crippen molar-refractivity contribution in [2.75, 3.05) is 0 Å². The van der Waals surface area contributed by atoms with E-state index >= 15 is 0 Å². The smallest absolute Gasteiger partial charge is 0.121 e. The van der Waals surface area contributed by atoms with Gasteiger partial charge in [0.15, 0.2) is 0 Å². The van der Waals surface area contributed by atoms with Crippen LogP contribution in [0.2, 0.25) is 0 Å². The zero-order valence-corrected chi connectivity index (χ0v) is 11.9. The summed E-state index contributed by atoms with van der Waals surface area (Å²) in [6, 6.07) is 5.98. The van der Waals surface area contributed by atoms with Gasteiger partial charge in [-0.1, -0.05) is 19.9 Å². The first-order chi connectivity index (χ1) is 6.02. The summed E-state index contributed by atoms with van der Waals surface area (Å²) < 4.78 is 2.26. The molecule has 0 aliphatic heterocycles. The second kappa shape index (κ2) is 4.93. The van der Waals surface area contributed by atoms with Crippen molar-refractivity contribution in [3.8, 4) is 0 Å². The number of benzene rings is 1. The van der Waals surface area contributed by atoms with Crippen molar-refractivity contribution in [1.29, 1.82) is 0 Å². The van der Waals surface area contributed by atoms with Crippen LogP contribution in [0.15, 0.2) is 18.2 Å². The van der Waals surface area contributed by atoms with Crippen molar-refractivity contribution in [3.63, 3.8) is 0 Å². The van der Waals surface area contributed by atoms with E-state index < -0.39 is 6.10 Å². The molecule has 0 spiro atoms. The number of hydrogen-bond acceptors (Lipinski definition) is 0. The van der Waals surface area contributed by atoms with Gasteiger partial charge in [0.1, 0.15) is 6.10 Å². The fourth-order valence-electron chi connectivity index (χ4n) is 1.09. The molecular weight excluding hydrogens is 390 g/mol. The molecule has 1 aromatic carbocycles. The van der Waals surface area contributed by atoms with Crippen LogP contribution in [0, 0.1) is 13.1 Å². The number of hydrogen-bond donors (Lipinski definition) is 0. The van der Waals surface area contributed by atoms with Crippen LogP contribution in [0.4, 0.5) is 0 Å². The molecule has 0 aliphatic carbocycles. The van der Waals surface area contributed by atoms with Crippen LogP contribution in [-0.4, -0.2) is 0 Å². The molecule has 0 bridgehead atoms. The summed E-state index contributed by atoms with van der Waals surface area (Å²) >= 11 is 4.49. The van der Waals surface area contributed by atoms with Gasteiger partial charge in [-0.05, 0) is 68.8 Å². The number of halogens is 2. The second-order valence-corrected chi connectivity index (χ2v) is 5.74. The maximum Gasteiger partial charge on any atom is 0.121 e. The predicted molar refractivity (Wildman–Crippen MR) is 70.1 cm³/mol. The Hall–Kier alpha value is 0.640. The van der Waals surface area contributed by atoms with Crippen LogP contribution in [0.25, 0.3) is 0 Å². The molecule has 13 heavy (non-hydrogen) atoms. The van der Waals surface area contributed by atoms with E-state index in [0.29, 0.717) is 0 Å². The maximum absolute atomic E-state index is 11.8. The SMILES string of the molecule is CC(C)C([O])c1ccc(I)cc1I. The molecule has 0 saturated heterocycles. The molecule has 1 unspecified atom stereocenters. The van der Waals surface area contributed by atoms with E-state index in [-0.39, 0.29) is 5.92 Å². The Morgan fingerprint density at radius 1 is 1.23 bits per heavy atom. The molecule has 1 atom stereocenters. The van der Waals surface area contributed by atoms with Crippen molar-refractivity contribution in [3.05, 3.63) is 30.9 Å². The Morgan fingerprint density at radius 3 is 2.31 bits per heavy atom. The quantitative estimate of drug-likeness (QED) is 0.668. The molecule has 1 rings (SSSR count). The standard InChI is InChI=1S/C10H11I2O/c1-6(2)10(13)8-4-3-7(11)5-9(8)12/h3-6,10H,1-2H3. The Bertz CT molecular complexity index is 297. The van der Waals surface area contributed by atoms with E-state index in [1.807, 2.05) is 32.0 Å². The van der Waals surface area contributed by atoms with Crippen LogP contribution < -0.4 is 0 Å². The monoisotopic (exact) mass is 401 g/mol. The summed E-state index contributed by atoms with van der Waals surface area (Å²) in [6.07, 6.45) is -0.594. The third-order valence-electron chi connectivity index (χ3n) is 1.87. The Balaban J connectivity index is 3.01. The maximum atomic E-state index is 11.8. The molecule has 1 radical (unpaired) electrons. The summed E-state index contributed by atoms with van der Waals surface area (Å²) in [5.41, 5.74) is 0.927. The minimum Gasteiger partial charge on any atom is -0.228 e. The molecule has 0 aromatic heterocycles. The van der Waals surface area contributed by atoms with E-state index in [9.17, 15) is 5.11 Å². The Kier molecular flexibility index (Phi) is 4.44. The van der Waals surface area contributed by atoms with Gasteiger partial charge >= 0.3 is 0 Å². The highest BCUT2D eigenvalue weighted by atomic mass is 127. The fraction of sp³-hybridized carbons (Fsp3) is 0.400. The molecule has 0 saturated carbocycles. The molecule has 0 N–H and O–H groups in total. The van der Waals surface area contributed by atoms with Gasteiger partial charge in [-0.25, -0.2) is 5.11 Å². The highest BCUT2D eigenvalue weighted by molar-refractivity contribution is 14.1. The number of rotatable bonds is 2. The largest absolute Gasteiger partial charge is 0.228 e. The third kappa shape index (κ3) is 3.06. The molecule has 0 aliphatic rings. The molecule has 0 fully saturated rings. The highest BCUT2D eigenvalue weighted by Gasteiger charge is 2.16. The van der Waals surface area contributed by atoms with Crippen LogP contribution in [0.5, 0.6) is 0 Å². The summed E-state index contributed by atoms with van der Waals surface area (Å²) in [6.45, 7) is 3.93. The predicted octanol–water partition coefficient (Wildman–Crippen LogP) is 4.02. The van der Waals surface area contributed by atoms with Gasteiger partial charge in [-0.2, -0.15) is 0 Å². The van der Waals surface area contributed by atoms with E-state index in [4.69, 9.17) is 0 Å². The minimum atomic E-state index is -0.594. The van der Waals surface area contributed by atoms with Crippen LogP contribution >= 0.6 is 45.2 Å². The van der Waals surface area contributed by atoms with Crippen molar-refractivity contribution >= 4 is 45.2 Å². The van der Waals surface area contributed by atoms with Gasteiger partial charge in [0.05, 0.1) is 0 Å². The van der Waals surface area contributed by atoms with Crippen molar-refractivity contribution < 1.29 is 5.11 Å². The van der Waals surface area contributed by atoms with Gasteiger partial charge in [-0.15, -0.1) is 0 Å². The molecule has 1 aromatic rings. The topological polar surface area (TPSA) is 19.9 Å². The van der Waals surface area contributed by atoms with Crippen molar-refractivity contribution in [1.82, 2.24) is 0 Å². The lowest BCUT2D eigenvalue weighted by Crippen LogP contribution is -2.05. The van der Waals surface area contributed by atoms with Crippen LogP contribution in [0.1, 0.15) is 25.5 Å². The lowest BCUT2D eigenvalue weighted by atomic mass is 9.99. The van der Waals surface area contributed by atoms with E-state index in [1.54, 1.807) is 0 Å². The Morgan fingerprint density at radius 2 is 1.85 bits per heavy atom. The first-order valence-corrected chi connectivity index (χ1v) is 6.29. The summed E-state index contributed by atoms with van der Waals surface area (Å²) in [7, 11) is 0. The average Bonchev–Trinajstić information content (AvgIpc) is 2.03. The van der Waals surface area contributed by atoms with Gasteiger partial charge in [0, 0.05) is 7.14 Å². The van der Waals surface area contributed by atoms with Crippen LogP contribution in [-0.2, 0) is 5.11 Å². The zero-order valence-electron chi connectivity index (χ0n) is 7.55. The highest BCUT2D eigenvalue weighted by Crippen LogP contribution is 2.27. The van der Waals surface area contributed by atoms with Gasteiger partial charge < -0.3 is 0 Å². The Labute approximate surface area is 106 Å². The van der Waals surface area contributed by atoms with Gasteiger partial charge in [0.25, 0.3) is 0 Å². The average molecular weight is 401 g/mol. The summed E-state index contributed by atoms with van der Waals surface area (Å²) in [5, 5.41) is 11.8. The molecule has 0 heterocycles. The van der Waals surface area contributed by atoms with E-state index in [2.05, 4.69) is 45.2 Å². The molecular formula is C10H11I2O. The van der Waals surface area contributed by atoms with Crippen molar-refractivity contribution in [2.45, 2.75) is 20.0 Å². The van der Waals surface area contributed by atoms with Crippen molar-refractivity contribution in [2.24, 2.45) is 5.92 Å². The zero-order chi connectivity index (χ0) is 10.0. The third-order valence-corrected chi connectivity index (χ3v) is 3.48. The second-order valence-electron chi connectivity index (χ2n) is 3.33. The molecule has 71 valence electrons. The fourth-order valence-corrected chi connectivity index (χ4v) is 3.00. The molecule has 3 heteroatoms. The lowest BCUT2D eigenvalue weighted by molar-refractivity contribution is 0.0481. The normalized spacial score (nSPS) is 13.4. The first-order valence-electron chi connectivity index (χ1n) is 4.13. The molecule has 1 nitrogen and oxygen atoms in total.